The molecule has 1 aromatic rings. The highest BCUT2D eigenvalue weighted by atomic mass is 32.1. The first-order valence-corrected chi connectivity index (χ1v) is 5.89. The molecule has 0 bridgehead atoms. The molecule has 1 aliphatic carbocycles. The predicted molar refractivity (Wildman–Crippen MR) is 61.3 cm³/mol. The molecule has 0 saturated carbocycles. The Morgan fingerprint density at radius 1 is 1.57 bits per heavy atom. The summed E-state index contributed by atoms with van der Waals surface area (Å²) in [6.07, 6.45) is 4.62. The highest BCUT2D eigenvalue weighted by Crippen LogP contribution is 2.33. The van der Waals surface area contributed by atoms with Gasteiger partial charge in [0, 0.05) is 16.2 Å². The molecule has 0 saturated heterocycles. The Labute approximate surface area is 89.3 Å². The van der Waals surface area contributed by atoms with Crippen LogP contribution in [0.4, 0.5) is 0 Å². The maximum absolute atomic E-state index is 6.05. The lowest BCUT2D eigenvalue weighted by Crippen LogP contribution is -2.07. The summed E-state index contributed by atoms with van der Waals surface area (Å²) < 4.78 is 0. The minimum absolute atomic E-state index is 0.123. The third-order valence-corrected chi connectivity index (χ3v) is 4.00. The van der Waals surface area contributed by atoms with Crippen molar-refractivity contribution in [2.45, 2.75) is 38.6 Å². The Morgan fingerprint density at radius 2 is 2.43 bits per heavy atom. The predicted octanol–water partition coefficient (Wildman–Crippen LogP) is 2.65. The van der Waals surface area contributed by atoms with Crippen LogP contribution in [0.1, 0.15) is 41.1 Å². The molecular weight excluding hydrogens is 190 g/mol. The molecule has 1 aromatic heterocycles. The first kappa shape index (κ1) is 9.76. The molecule has 1 unspecified atom stereocenters. The number of thiophene rings is 1. The van der Waals surface area contributed by atoms with E-state index in [0.29, 0.717) is 0 Å². The van der Waals surface area contributed by atoms with Crippen LogP contribution in [0, 0.1) is 11.8 Å². The van der Waals surface area contributed by atoms with E-state index in [0.717, 1.165) is 6.42 Å². The van der Waals surface area contributed by atoms with E-state index in [1.54, 1.807) is 4.88 Å². The van der Waals surface area contributed by atoms with Gasteiger partial charge in [-0.25, -0.2) is 0 Å². The van der Waals surface area contributed by atoms with Crippen molar-refractivity contribution >= 4 is 11.3 Å². The molecule has 0 fully saturated rings. The van der Waals surface area contributed by atoms with E-state index < -0.39 is 0 Å². The molecule has 14 heavy (non-hydrogen) atoms. The van der Waals surface area contributed by atoms with Gasteiger partial charge in [-0.05, 0) is 37.8 Å². The third kappa shape index (κ3) is 1.84. The first-order chi connectivity index (χ1) is 6.81. The van der Waals surface area contributed by atoms with E-state index >= 15 is 0 Å². The SMILES string of the molecule is CC#CCC(N)c1cc2c(s1)CCC2. The standard InChI is InChI=1S/C12H15NS/c1-2-3-6-10(13)12-8-9-5-4-7-11(9)14-12/h8,10H,4-7,13H2,1H3. The molecule has 1 aliphatic rings. The summed E-state index contributed by atoms with van der Waals surface area (Å²) in [6, 6.07) is 2.41. The van der Waals surface area contributed by atoms with Gasteiger partial charge in [-0.15, -0.1) is 23.2 Å². The molecule has 1 atom stereocenters. The number of fused-ring (bicyclic) bond motifs is 1. The highest BCUT2D eigenvalue weighted by Gasteiger charge is 2.17. The van der Waals surface area contributed by atoms with Crippen LogP contribution in [0.3, 0.4) is 0 Å². The van der Waals surface area contributed by atoms with Crippen molar-refractivity contribution in [1.82, 2.24) is 0 Å². The number of nitrogens with two attached hydrogens (primary N) is 1. The summed E-state index contributed by atoms with van der Waals surface area (Å²) in [4.78, 5) is 2.87. The van der Waals surface area contributed by atoms with E-state index in [4.69, 9.17) is 5.73 Å². The van der Waals surface area contributed by atoms with Crippen molar-refractivity contribution in [2.75, 3.05) is 0 Å². The van der Waals surface area contributed by atoms with Crippen LogP contribution in [0.5, 0.6) is 0 Å². The fourth-order valence-electron chi connectivity index (χ4n) is 1.85. The second kappa shape index (κ2) is 4.16. The molecule has 0 spiro atoms. The molecule has 2 N–H and O–H groups in total. The summed E-state index contributed by atoms with van der Waals surface area (Å²) in [5.74, 6) is 5.94. The summed E-state index contributed by atoms with van der Waals surface area (Å²) in [5.41, 5.74) is 7.58. The topological polar surface area (TPSA) is 26.0 Å². The van der Waals surface area contributed by atoms with Gasteiger partial charge in [0.25, 0.3) is 0 Å². The average molecular weight is 205 g/mol. The molecule has 2 heteroatoms. The Hall–Kier alpha value is -0.780. The smallest absolute Gasteiger partial charge is 0.0500 e. The van der Waals surface area contributed by atoms with Crippen LogP contribution in [-0.4, -0.2) is 0 Å². The lowest BCUT2D eigenvalue weighted by atomic mass is 10.1. The van der Waals surface area contributed by atoms with Crippen LogP contribution in [-0.2, 0) is 12.8 Å². The number of hydrogen-bond acceptors (Lipinski definition) is 2. The van der Waals surface area contributed by atoms with E-state index in [1.807, 2.05) is 18.3 Å². The van der Waals surface area contributed by atoms with Crippen molar-refractivity contribution in [3.63, 3.8) is 0 Å². The van der Waals surface area contributed by atoms with Crippen LogP contribution in [0.25, 0.3) is 0 Å². The van der Waals surface area contributed by atoms with Gasteiger partial charge >= 0.3 is 0 Å². The van der Waals surface area contributed by atoms with Crippen molar-refractivity contribution in [3.05, 3.63) is 21.4 Å². The molecule has 0 aliphatic heterocycles. The lowest BCUT2D eigenvalue weighted by Gasteiger charge is -2.03. The van der Waals surface area contributed by atoms with Crippen LogP contribution in [0.15, 0.2) is 6.07 Å². The van der Waals surface area contributed by atoms with Crippen LogP contribution in [0.2, 0.25) is 0 Å². The summed E-state index contributed by atoms with van der Waals surface area (Å²) in [7, 11) is 0. The Balaban J connectivity index is 2.11. The van der Waals surface area contributed by atoms with Gasteiger partial charge < -0.3 is 5.73 Å². The molecule has 1 nitrogen and oxygen atoms in total. The van der Waals surface area contributed by atoms with Crippen molar-refractivity contribution in [3.8, 4) is 11.8 Å². The van der Waals surface area contributed by atoms with E-state index in [2.05, 4.69) is 17.9 Å². The Morgan fingerprint density at radius 3 is 3.14 bits per heavy atom. The lowest BCUT2D eigenvalue weighted by molar-refractivity contribution is 0.768. The summed E-state index contributed by atoms with van der Waals surface area (Å²) in [6.45, 7) is 1.86. The Bertz CT molecular complexity index is 359. The number of aryl methyl sites for hydroxylation is 2. The zero-order valence-electron chi connectivity index (χ0n) is 8.47. The third-order valence-electron chi connectivity index (χ3n) is 2.63. The van der Waals surface area contributed by atoms with Gasteiger partial charge in [-0.1, -0.05) is 0 Å². The van der Waals surface area contributed by atoms with Crippen molar-refractivity contribution in [1.29, 1.82) is 0 Å². The molecule has 0 amide bonds. The second-order valence-electron chi connectivity index (χ2n) is 3.69. The van der Waals surface area contributed by atoms with Gasteiger partial charge in [0.2, 0.25) is 0 Å². The molecule has 1 heterocycles. The molecule has 0 radical (unpaired) electrons. The molecule has 2 rings (SSSR count). The minimum atomic E-state index is 0.123. The molecular formula is C12H15NS. The van der Waals surface area contributed by atoms with E-state index in [1.165, 1.54) is 29.7 Å². The normalized spacial score (nSPS) is 15.9. The molecule has 74 valence electrons. The number of rotatable bonds is 2. The van der Waals surface area contributed by atoms with Gasteiger partial charge in [-0.2, -0.15) is 0 Å². The Kier molecular flexibility index (Phi) is 2.90. The first-order valence-electron chi connectivity index (χ1n) is 5.08. The van der Waals surface area contributed by atoms with E-state index in [-0.39, 0.29) is 6.04 Å². The van der Waals surface area contributed by atoms with E-state index in [9.17, 15) is 0 Å². The average Bonchev–Trinajstić information content (AvgIpc) is 2.72. The zero-order chi connectivity index (χ0) is 9.97. The minimum Gasteiger partial charge on any atom is -0.322 e. The van der Waals surface area contributed by atoms with Crippen molar-refractivity contribution in [2.24, 2.45) is 5.73 Å². The van der Waals surface area contributed by atoms with Gasteiger partial charge in [0.1, 0.15) is 0 Å². The second-order valence-corrected chi connectivity index (χ2v) is 4.86. The largest absolute Gasteiger partial charge is 0.322 e. The quantitative estimate of drug-likeness (QED) is 0.738. The van der Waals surface area contributed by atoms with Gasteiger partial charge in [0.05, 0.1) is 6.04 Å². The highest BCUT2D eigenvalue weighted by molar-refractivity contribution is 7.12. The maximum Gasteiger partial charge on any atom is 0.0500 e. The van der Waals surface area contributed by atoms with Gasteiger partial charge in [0.15, 0.2) is 0 Å². The fourth-order valence-corrected chi connectivity index (χ4v) is 3.11. The van der Waals surface area contributed by atoms with Crippen molar-refractivity contribution < 1.29 is 0 Å². The number of hydrogen-bond donors (Lipinski definition) is 1. The fraction of sp³-hybridized carbons (Fsp3) is 0.500. The summed E-state index contributed by atoms with van der Waals surface area (Å²) >= 11 is 1.89. The van der Waals surface area contributed by atoms with Gasteiger partial charge in [-0.3, -0.25) is 0 Å². The maximum atomic E-state index is 6.05. The monoisotopic (exact) mass is 205 g/mol. The zero-order valence-corrected chi connectivity index (χ0v) is 9.29. The van der Waals surface area contributed by atoms with Crippen LogP contribution >= 0.6 is 11.3 Å². The van der Waals surface area contributed by atoms with Crippen LogP contribution < -0.4 is 5.73 Å². The molecule has 0 aromatic carbocycles. The summed E-state index contributed by atoms with van der Waals surface area (Å²) in [5, 5.41) is 0.